The van der Waals surface area contributed by atoms with E-state index in [4.69, 9.17) is 0 Å². The number of hydrogen-bond donors (Lipinski definition) is 2. The van der Waals surface area contributed by atoms with Crippen LogP contribution >= 0.6 is 0 Å². The number of fused-ring (bicyclic) bond motifs is 1. The summed E-state index contributed by atoms with van der Waals surface area (Å²) in [6.45, 7) is 1.17. The first-order valence-corrected chi connectivity index (χ1v) is 8.85. The van der Waals surface area contributed by atoms with Crippen LogP contribution in [0.1, 0.15) is 40.9 Å². The van der Waals surface area contributed by atoms with Crippen LogP contribution in [0, 0.1) is 0 Å². The number of carboxylic acid groups (broad SMARTS) is 1. The van der Waals surface area contributed by atoms with Crippen molar-refractivity contribution in [2.24, 2.45) is 0 Å². The summed E-state index contributed by atoms with van der Waals surface area (Å²) in [4.78, 5) is 12.1. The number of hydrogen-bond acceptors (Lipinski definition) is 2. The molecule has 1 heterocycles. The summed E-state index contributed by atoms with van der Waals surface area (Å²) in [6, 6.07) is 18.5. The van der Waals surface area contributed by atoms with Gasteiger partial charge in [-0.05, 0) is 24.5 Å². The van der Waals surface area contributed by atoms with E-state index in [2.05, 4.69) is 5.32 Å². The molecule has 0 atom stereocenters. The molecule has 2 aromatic carbocycles. The van der Waals surface area contributed by atoms with Crippen LogP contribution in [0.15, 0.2) is 54.6 Å². The molecular formula is C21H22N2O2. The number of benzene rings is 2. The van der Waals surface area contributed by atoms with Gasteiger partial charge in [-0.2, -0.15) is 0 Å². The third kappa shape index (κ3) is 3.05. The van der Waals surface area contributed by atoms with Gasteiger partial charge in [0.2, 0.25) is 0 Å². The van der Waals surface area contributed by atoms with Crippen molar-refractivity contribution in [2.75, 3.05) is 0 Å². The first-order chi connectivity index (χ1) is 12.2. The minimum Gasteiger partial charge on any atom is -0.477 e. The maximum atomic E-state index is 12.1. The average molecular weight is 334 g/mol. The van der Waals surface area contributed by atoms with Crippen molar-refractivity contribution in [3.63, 3.8) is 0 Å². The number of rotatable bonds is 6. The minimum atomic E-state index is -0.863. The molecule has 1 aromatic heterocycles. The van der Waals surface area contributed by atoms with E-state index in [-0.39, 0.29) is 0 Å². The molecular weight excluding hydrogens is 312 g/mol. The van der Waals surface area contributed by atoms with Gasteiger partial charge in [-0.25, -0.2) is 4.79 Å². The van der Waals surface area contributed by atoms with Crippen LogP contribution in [0.25, 0.3) is 10.9 Å². The fraction of sp³-hybridized carbons (Fsp3) is 0.286. The largest absolute Gasteiger partial charge is 0.477 e. The molecule has 0 radical (unpaired) electrons. The number of aromatic nitrogens is 1. The fourth-order valence-electron chi connectivity index (χ4n) is 3.59. The smallest absolute Gasteiger partial charge is 0.352 e. The lowest BCUT2D eigenvalue weighted by Crippen LogP contribution is -2.34. The van der Waals surface area contributed by atoms with Crippen LogP contribution in [0.3, 0.4) is 0 Å². The van der Waals surface area contributed by atoms with Gasteiger partial charge < -0.3 is 15.0 Å². The van der Waals surface area contributed by atoms with Crippen molar-refractivity contribution >= 4 is 16.9 Å². The molecule has 1 aliphatic carbocycles. The van der Waals surface area contributed by atoms with Crippen molar-refractivity contribution in [3.05, 3.63) is 71.4 Å². The van der Waals surface area contributed by atoms with E-state index >= 15 is 0 Å². The molecule has 1 saturated carbocycles. The highest BCUT2D eigenvalue weighted by atomic mass is 16.4. The molecule has 0 unspecified atom stereocenters. The van der Waals surface area contributed by atoms with E-state index in [1.165, 1.54) is 19.3 Å². The maximum absolute atomic E-state index is 12.1. The Morgan fingerprint density at radius 3 is 2.48 bits per heavy atom. The Hall–Kier alpha value is -2.59. The zero-order valence-electron chi connectivity index (χ0n) is 14.1. The van der Waals surface area contributed by atoms with Crippen LogP contribution < -0.4 is 5.32 Å². The maximum Gasteiger partial charge on any atom is 0.352 e. The first kappa shape index (κ1) is 15.9. The molecule has 4 nitrogen and oxygen atoms in total. The minimum absolute atomic E-state index is 0.400. The number of carboxylic acids is 1. The van der Waals surface area contributed by atoms with Gasteiger partial charge >= 0.3 is 5.97 Å². The molecule has 0 aliphatic heterocycles. The summed E-state index contributed by atoms with van der Waals surface area (Å²) in [5.74, 6) is -0.863. The number of nitrogens with zero attached hydrogens (tertiary/aromatic N) is 1. The second kappa shape index (κ2) is 6.73. The molecule has 0 bridgehead atoms. The van der Waals surface area contributed by atoms with E-state index in [1.807, 2.05) is 59.2 Å². The third-order valence-electron chi connectivity index (χ3n) is 5.13. The van der Waals surface area contributed by atoms with Crippen molar-refractivity contribution in [1.82, 2.24) is 9.88 Å². The lowest BCUT2D eigenvalue weighted by Gasteiger charge is -2.26. The molecule has 0 saturated heterocycles. The molecule has 4 rings (SSSR count). The summed E-state index contributed by atoms with van der Waals surface area (Å²) < 4.78 is 1.94. The Bertz CT molecular complexity index is 895. The summed E-state index contributed by atoms with van der Waals surface area (Å²) >= 11 is 0. The predicted octanol–water partition coefficient (Wildman–Crippen LogP) is 4.03. The molecule has 128 valence electrons. The normalized spacial score (nSPS) is 14.6. The molecule has 1 aliphatic rings. The van der Waals surface area contributed by atoms with E-state index in [0.29, 0.717) is 24.8 Å². The van der Waals surface area contributed by atoms with E-state index in [1.54, 1.807) is 0 Å². The van der Waals surface area contributed by atoms with Crippen LogP contribution in [-0.4, -0.2) is 21.7 Å². The van der Waals surface area contributed by atoms with Gasteiger partial charge in [0.25, 0.3) is 0 Å². The number of nitrogens with one attached hydrogen (secondary N) is 1. The Morgan fingerprint density at radius 2 is 1.80 bits per heavy atom. The van der Waals surface area contributed by atoms with Crippen molar-refractivity contribution < 1.29 is 9.90 Å². The van der Waals surface area contributed by atoms with Gasteiger partial charge in [0.15, 0.2) is 0 Å². The second-order valence-corrected chi connectivity index (χ2v) is 6.73. The van der Waals surface area contributed by atoms with Gasteiger partial charge in [-0.3, -0.25) is 0 Å². The fourth-order valence-corrected chi connectivity index (χ4v) is 3.59. The van der Waals surface area contributed by atoms with Crippen LogP contribution in [0.5, 0.6) is 0 Å². The summed E-state index contributed by atoms with van der Waals surface area (Å²) in [6.07, 6.45) is 3.63. The van der Waals surface area contributed by atoms with Crippen molar-refractivity contribution in [2.45, 2.75) is 38.4 Å². The summed E-state index contributed by atoms with van der Waals surface area (Å²) in [5, 5.41) is 14.5. The molecule has 2 N–H and O–H groups in total. The lowest BCUT2D eigenvalue weighted by molar-refractivity contribution is 0.0684. The molecule has 3 aromatic rings. The summed E-state index contributed by atoms with van der Waals surface area (Å²) in [7, 11) is 0. The Morgan fingerprint density at radius 1 is 1.08 bits per heavy atom. The highest BCUT2D eigenvalue weighted by molar-refractivity contribution is 5.98. The molecule has 0 spiro atoms. The van der Waals surface area contributed by atoms with Gasteiger partial charge in [0.1, 0.15) is 5.69 Å². The van der Waals surface area contributed by atoms with E-state index < -0.39 is 5.97 Å². The van der Waals surface area contributed by atoms with Crippen LogP contribution in [0.4, 0.5) is 0 Å². The zero-order chi connectivity index (χ0) is 17.2. The zero-order valence-corrected chi connectivity index (χ0v) is 14.1. The molecule has 4 heteroatoms. The van der Waals surface area contributed by atoms with Gasteiger partial charge in [0, 0.05) is 35.6 Å². The SMILES string of the molecule is O=C(O)c1c(CNC2CCC2)c2ccccc2n1Cc1ccccc1. The highest BCUT2D eigenvalue weighted by Gasteiger charge is 2.24. The lowest BCUT2D eigenvalue weighted by atomic mass is 9.93. The van der Waals surface area contributed by atoms with E-state index in [9.17, 15) is 9.90 Å². The summed E-state index contributed by atoms with van der Waals surface area (Å²) in [5.41, 5.74) is 3.38. The van der Waals surface area contributed by atoms with Crippen LogP contribution in [0.2, 0.25) is 0 Å². The third-order valence-corrected chi connectivity index (χ3v) is 5.13. The standard InChI is InChI=1S/C21H22N2O2/c24-21(25)20-18(13-22-16-9-6-10-16)17-11-4-5-12-19(17)23(20)14-15-7-2-1-3-8-15/h1-5,7-8,11-12,16,22H,6,9-10,13-14H2,(H,24,25). The average Bonchev–Trinajstić information content (AvgIpc) is 2.89. The molecule has 0 amide bonds. The molecule has 25 heavy (non-hydrogen) atoms. The Balaban J connectivity index is 1.79. The van der Waals surface area contributed by atoms with Crippen LogP contribution in [-0.2, 0) is 13.1 Å². The van der Waals surface area contributed by atoms with Crippen molar-refractivity contribution in [3.8, 4) is 0 Å². The second-order valence-electron chi connectivity index (χ2n) is 6.73. The number of aromatic carboxylic acids is 1. The topological polar surface area (TPSA) is 54.3 Å². The van der Waals surface area contributed by atoms with E-state index in [0.717, 1.165) is 22.0 Å². The Labute approximate surface area is 147 Å². The molecule has 1 fully saturated rings. The number of carbonyl (C=O) groups is 1. The van der Waals surface area contributed by atoms with Gasteiger partial charge in [0.05, 0.1) is 0 Å². The number of para-hydroxylation sites is 1. The monoisotopic (exact) mass is 334 g/mol. The van der Waals surface area contributed by atoms with Gasteiger partial charge in [-0.15, -0.1) is 0 Å². The highest BCUT2D eigenvalue weighted by Crippen LogP contribution is 2.28. The first-order valence-electron chi connectivity index (χ1n) is 8.85. The van der Waals surface area contributed by atoms with Crippen molar-refractivity contribution in [1.29, 1.82) is 0 Å². The van der Waals surface area contributed by atoms with Gasteiger partial charge in [-0.1, -0.05) is 55.0 Å². The quantitative estimate of drug-likeness (QED) is 0.715. The Kier molecular flexibility index (Phi) is 4.28. The predicted molar refractivity (Wildman–Crippen MR) is 98.9 cm³/mol.